The van der Waals surface area contributed by atoms with Crippen molar-refractivity contribution in [1.82, 2.24) is 15.5 Å². The molecule has 1 heterocycles. The number of ether oxygens (including phenoxy) is 1. The molecule has 1 aromatic rings. The second-order valence-electron chi connectivity index (χ2n) is 7.02. The van der Waals surface area contributed by atoms with Gasteiger partial charge in [0.25, 0.3) is 0 Å². The zero-order chi connectivity index (χ0) is 20.6. The van der Waals surface area contributed by atoms with E-state index in [2.05, 4.69) is 20.5 Å². The number of benzene rings is 1. The maximum Gasteiger partial charge on any atom is 0.416 e. The number of guanidine groups is 1. The number of aliphatic imine (C=N–C) groups is 1. The highest BCUT2D eigenvalue weighted by Crippen LogP contribution is 2.36. The Labute approximate surface area is 165 Å². The summed E-state index contributed by atoms with van der Waals surface area (Å²) in [6, 6.07) is 5.65. The van der Waals surface area contributed by atoms with Crippen LogP contribution >= 0.6 is 0 Å². The standard InChI is InChI=1S/C20H31F3N4O/c1-4-28-13-11-25-19(24-2)26-14-16-6-5-12-27(3)18(16)15-7-9-17(10-8-15)20(21,22)23/h7-10,16,18H,4-6,11-14H2,1-3H3,(H2,24,25,26). The summed E-state index contributed by atoms with van der Waals surface area (Å²) in [6.45, 7) is 5.54. The molecule has 1 aliphatic rings. The molecular formula is C20H31F3N4O. The van der Waals surface area contributed by atoms with Gasteiger partial charge in [-0.05, 0) is 57.0 Å². The van der Waals surface area contributed by atoms with Gasteiger partial charge in [-0.2, -0.15) is 13.2 Å². The molecule has 0 saturated carbocycles. The molecule has 1 saturated heterocycles. The van der Waals surface area contributed by atoms with E-state index in [9.17, 15) is 13.2 Å². The summed E-state index contributed by atoms with van der Waals surface area (Å²) >= 11 is 0. The van der Waals surface area contributed by atoms with Crippen LogP contribution in [0, 0.1) is 5.92 Å². The van der Waals surface area contributed by atoms with E-state index >= 15 is 0 Å². The molecule has 2 unspecified atom stereocenters. The summed E-state index contributed by atoms with van der Waals surface area (Å²) in [5.74, 6) is 0.986. The molecule has 1 aromatic carbocycles. The fraction of sp³-hybridized carbons (Fsp3) is 0.650. The van der Waals surface area contributed by atoms with Crippen LogP contribution < -0.4 is 10.6 Å². The monoisotopic (exact) mass is 400 g/mol. The zero-order valence-electron chi connectivity index (χ0n) is 16.9. The SMILES string of the molecule is CCOCCNC(=NC)NCC1CCCN(C)C1c1ccc(C(F)(F)F)cc1. The minimum absolute atomic E-state index is 0.0741. The number of nitrogens with zero attached hydrogens (tertiary/aromatic N) is 2. The van der Waals surface area contributed by atoms with Gasteiger partial charge in [0.05, 0.1) is 12.2 Å². The van der Waals surface area contributed by atoms with Crippen molar-refractivity contribution < 1.29 is 17.9 Å². The van der Waals surface area contributed by atoms with Crippen LogP contribution in [0.5, 0.6) is 0 Å². The molecule has 1 fully saturated rings. The fourth-order valence-corrected chi connectivity index (χ4v) is 3.70. The molecule has 2 rings (SSSR count). The average molecular weight is 400 g/mol. The van der Waals surface area contributed by atoms with Crippen LogP contribution in [-0.4, -0.2) is 57.8 Å². The molecule has 158 valence electrons. The van der Waals surface area contributed by atoms with Crippen LogP contribution in [-0.2, 0) is 10.9 Å². The number of alkyl halides is 3. The Kier molecular flexibility index (Phi) is 8.57. The van der Waals surface area contributed by atoms with Crippen molar-refractivity contribution in [2.24, 2.45) is 10.9 Å². The summed E-state index contributed by atoms with van der Waals surface area (Å²) in [5, 5.41) is 6.56. The highest BCUT2D eigenvalue weighted by Gasteiger charge is 2.33. The molecule has 0 aromatic heterocycles. The Morgan fingerprint density at radius 3 is 2.57 bits per heavy atom. The van der Waals surface area contributed by atoms with Gasteiger partial charge in [-0.3, -0.25) is 9.89 Å². The zero-order valence-corrected chi connectivity index (χ0v) is 16.9. The summed E-state index contributed by atoms with van der Waals surface area (Å²) in [5.41, 5.74) is 0.310. The molecule has 0 bridgehead atoms. The van der Waals surface area contributed by atoms with Crippen LogP contribution in [0.15, 0.2) is 29.3 Å². The predicted octanol–water partition coefficient (Wildman–Crippen LogP) is 3.29. The highest BCUT2D eigenvalue weighted by atomic mass is 19.4. The molecule has 5 nitrogen and oxygen atoms in total. The third-order valence-electron chi connectivity index (χ3n) is 5.08. The molecular weight excluding hydrogens is 369 g/mol. The van der Waals surface area contributed by atoms with Crippen LogP contribution in [0.25, 0.3) is 0 Å². The topological polar surface area (TPSA) is 48.9 Å². The smallest absolute Gasteiger partial charge is 0.380 e. The maximum absolute atomic E-state index is 12.9. The predicted molar refractivity (Wildman–Crippen MR) is 105 cm³/mol. The first-order chi connectivity index (χ1) is 13.4. The number of hydrogen-bond acceptors (Lipinski definition) is 3. The van der Waals surface area contributed by atoms with Crippen molar-refractivity contribution in [2.45, 2.75) is 32.0 Å². The van der Waals surface area contributed by atoms with Gasteiger partial charge in [0, 0.05) is 32.8 Å². The molecule has 1 aliphatic heterocycles. The molecule has 8 heteroatoms. The minimum atomic E-state index is -4.31. The number of hydrogen-bond donors (Lipinski definition) is 2. The van der Waals surface area contributed by atoms with Gasteiger partial charge in [0.2, 0.25) is 0 Å². The number of rotatable bonds is 7. The third kappa shape index (κ3) is 6.38. The van der Waals surface area contributed by atoms with E-state index in [-0.39, 0.29) is 12.0 Å². The van der Waals surface area contributed by atoms with E-state index < -0.39 is 11.7 Å². The molecule has 28 heavy (non-hydrogen) atoms. The number of halogens is 3. The Balaban J connectivity index is 2.01. The lowest BCUT2D eigenvalue weighted by atomic mass is 9.84. The van der Waals surface area contributed by atoms with Crippen molar-refractivity contribution >= 4 is 5.96 Å². The summed E-state index contributed by atoms with van der Waals surface area (Å²) in [7, 11) is 3.75. The second-order valence-corrected chi connectivity index (χ2v) is 7.02. The summed E-state index contributed by atoms with van der Waals surface area (Å²) < 4.78 is 43.9. The van der Waals surface area contributed by atoms with Gasteiger partial charge in [-0.25, -0.2) is 0 Å². The van der Waals surface area contributed by atoms with Crippen LogP contribution in [0.2, 0.25) is 0 Å². The van der Waals surface area contributed by atoms with E-state index in [0.717, 1.165) is 24.9 Å². The average Bonchev–Trinajstić information content (AvgIpc) is 2.67. The quantitative estimate of drug-likeness (QED) is 0.419. The lowest BCUT2D eigenvalue weighted by molar-refractivity contribution is -0.137. The van der Waals surface area contributed by atoms with Crippen LogP contribution in [0.3, 0.4) is 0 Å². The van der Waals surface area contributed by atoms with Gasteiger partial charge in [-0.1, -0.05) is 12.1 Å². The lowest BCUT2D eigenvalue weighted by Gasteiger charge is -2.40. The van der Waals surface area contributed by atoms with Crippen LogP contribution in [0.1, 0.15) is 36.9 Å². The summed E-state index contributed by atoms with van der Waals surface area (Å²) in [6.07, 6.45) is -2.23. The first-order valence-corrected chi connectivity index (χ1v) is 9.76. The Bertz CT molecular complexity index is 619. The lowest BCUT2D eigenvalue weighted by Crippen LogP contribution is -2.45. The van der Waals surface area contributed by atoms with Gasteiger partial charge in [0.15, 0.2) is 5.96 Å². The summed E-state index contributed by atoms with van der Waals surface area (Å²) in [4.78, 5) is 6.45. The van der Waals surface area contributed by atoms with E-state index in [1.165, 1.54) is 12.1 Å². The van der Waals surface area contributed by atoms with Crippen molar-refractivity contribution in [2.75, 3.05) is 46.9 Å². The van der Waals surface area contributed by atoms with E-state index in [1.807, 2.05) is 14.0 Å². The van der Waals surface area contributed by atoms with Crippen molar-refractivity contribution in [3.05, 3.63) is 35.4 Å². The van der Waals surface area contributed by atoms with Crippen molar-refractivity contribution in [3.63, 3.8) is 0 Å². The molecule has 0 spiro atoms. The van der Waals surface area contributed by atoms with E-state index in [4.69, 9.17) is 4.74 Å². The van der Waals surface area contributed by atoms with Gasteiger partial charge >= 0.3 is 6.18 Å². The Hall–Kier alpha value is -1.80. The molecule has 2 atom stereocenters. The van der Waals surface area contributed by atoms with Gasteiger partial charge in [0.1, 0.15) is 0 Å². The Morgan fingerprint density at radius 2 is 1.96 bits per heavy atom. The van der Waals surface area contributed by atoms with Crippen molar-refractivity contribution in [1.29, 1.82) is 0 Å². The highest BCUT2D eigenvalue weighted by molar-refractivity contribution is 5.79. The largest absolute Gasteiger partial charge is 0.416 e. The number of piperidine rings is 1. The van der Waals surface area contributed by atoms with E-state index in [1.54, 1.807) is 19.2 Å². The first-order valence-electron chi connectivity index (χ1n) is 9.76. The number of nitrogens with one attached hydrogen (secondary N) is 2. The van der Waals surface area contributed by atoms with Crippen LogP contribution in [0.4, 0.5) is 13.2 Å². The maximum atomic E-state index is 12.9. The normalized spacial score (nSPS) is 21.6. The fourth-order valence-electron chi connectivity index (χ4n) is 3.70. The van der Waals surface area contributed by atoms with Gasteiger partial charge in [-0.15, -0.1) is 0 Å². The molecule has 0 aliphatic carbocycles. The van der Waals surface area contributed by atoms with Gasteiger partial charge < -0.3 is 15.4 Å². The Morgan fingerprint density at radius 1 is 1.25 bits per heavy atom. The minimum Gasteiger partial charge on any atom is -0.380 e. The molecule has 2 N–H and O–H groups in total. The van der Waals surface area contributed by atoms with E-state index in [0.29, 0.717) is 32.3 Å². The molecule has 0 amide bonds. The third-order valence-corrected chi connectivity index (χ3v) is 5.08. The van der Waals surface area contributed by atoms with Crippen molar-refractivity contribution in [3.8, 4) is 0 Å². The molecule has 0 radical (unpaired) electrons. The number of likely N-dealkylation sites (tertiary alicyclic amines) is 1. The second kappa shape index (κ2) is 10.7. The first kappa shape index (κ1) is 22.5.